The fourth-order valence-corrected chi connectivity index (χ4v) is 3.26. The number of rotatable bonds is 7. The van der Waals surface area contributed by atoms with E-state index in [1.54, 1.807) is 4.90 Å². The number of hydrogen-bond acceptors (Lipinski definition) is 3. The van der Waals surface area contributed by atoms with Crippen LogP contribution in [0.3, 0.4) is 0 Å². The summed E-state index contributed by atoms with van der Waals surface area (Å²) < 4.78 is 5.42. The molecule has 2 aromatic carbocycles. The molecule has 0 aliphatic carbocycles. The Bertz CT molecular complexity index is 786. The molecule has 5 nitrogen and oxygen atoms in total. The number of benzene rings is 2. The van der Waals surface area contributed by atoms with Gasteiger partial charge in [-0.15, -0.1) is 0 Å². The highest BCUT2D eigenvalue weighted by molar-refractivity contribution is 6.03. The third-order valence-corrected chi connectivity index (χ3v) is 4.52. The van der Waals surface area contributed by atoms with Crippen molar-refractivity contribution in [2.24, 2.45) is 0 Å². The molecule has 0 fully saturated rings. The molecule has 26 heavy (non-hydrogen) atoms. The van der Waals surface area contributed by atoms with Crippen LogP contribution in [0.1, 0.15) is 42.6 Å². The van der Waals surface area contributed by atoms with E-state index in [4.69, 9.17) is 4.74 Å². The normalized spacial score (nSPS) is 14.1. The molecule has 3 rings (SSSR count). The highest BCUT2D eigenvalue weighted by Crippen LogP contribution is 2.26. The number of amides is 2. The van der Waals surface area contributed by atoms with Crippen LogP contribution in [0.15, 0.2) is 48.5 Å². The van der Waals surface area contributed by atoms with Gasteiger partial charge in [0, 0.05) is 17.8 Å². The number of carbonyl (C=O) groups is 2. The number of anilines is 1. The first-order valence-corrected chi connectivity index (χ1v) is 9.06. The lowest BCUT2D eigenvalue weighted by Gasteiger charge is -2.26. The Morgan fingerprint density at radius 3 is 2.54 bits per heavy atom. The first-order chi connectivity index (χ1) is 12.6. The molecule has 0 bridgehead atoms. The van der Waals surface area contributed by atoms with Crippen LogP contribution in [0.4, 0.5) is 5.69 Å². The van der Waals surface area contributed by atoms with Gasteiger partial charge in [-0.25, -0.2) is 0 Å². The number of nitrogens with one attached hydrogen (secondary N) is 1. The topological polar surface area (TPSA) is 58.6 Å². The van der Waals surface area contributed by atoms with Crippen LogP contribution in [0.25, 0.3) is 0 Å². The standard InChI is InChI=1S/C21H24N2O3/c1-3-7-19(23-14-15-8-5-6-9-18(15)21(23)25)20(24)22-16-10-12-17(13-11-16)26-4-2/h5-6,8-13,19H,3-4,7,14H2,1-2H3,(H,22,24)/t19-/m0/s1. The van der Waals surface area contributed by atoms with Crippen LogP contribution in [0, 0.1) is 0 Å². The molecule has 1 heterocycles. The summed E-state index contributed by atoms with van der Waals surface area (Å²) in [6.07, 6.45) is 1.45. The average molecular weight is 352 g/mol. The van der Waals surface area contributed by atoms with Gasteiger partial charge in [0.05, 0.1) is 6.61 Å². The number of carbonyl (C=O) groups excluding carboxylic acids is 2. The van der Waals surface area contributed by atoms with E-state index >= 15 is 0 Å². The van der Waals surface area contributed by atoms with Gasteiger partial charge in [-0.05, 0) is 49.2 Å². The van der Waals surface area contributed by atoms with Crippen LogP contribution < -0.4 is 10.1 Å². The lowest BCUT2D eigenvalue weighted by atomic mass is 10.1. The van der Waals surface area contributed by atoms with Gasteiger partial charge in [0.15, 0.2) is 0 Å². The van der Waals surface area contributed by atoms with Crippen molar-refractivity contribution in [2.45, 2.75) is 39.3 Å². The average Bonchev–Trinajstić information content (AvgIpc) is 2.98. The van der Waals surface area contributed by atoms with Crippen LogP contribution in [0.2, 0.25) is 0 Å². The summed E-state index contributed by atoms with van der Waals surface area (Å²) in [5.74, 6) is 0.541. The molecule has 1 N–H and O–H groups in total. The SMILES string of the molecule is CCC[C@@H](C(=O)Nc1ccc(OCC)cc1)N1Cc2ccccc2C1=O. The van der Waals surface area contributed by atoms with Gasteiger partial charge in [0.25, 0.3) is 5.91 Å². The summed E-state index contributed by atoms with van der Waals surface area (Å²) in [6.45, 7) is 5.03. The third kappa shape index (κ3) is 3.72. The van der Waals surface area contributed by atoms with Crippen molar-refractivity contribution in [1.29, 1.82) is 0 Å². The summed E-state index contributed by atoms with van der Waals surface area (Å²) in [4.78, 5) is 27.3. The monoisotopic (exact) mass is 352 g/mol. The largest absolute Gasteiger partial charge is 0.494 e. The van der Waals surface area contributed by atoms with Crippen molar-refractivity contribution < 1.29 is 14.3 Å². The van der Waals surface area contributed by atoms with Gasteiger partial charge in [0.2, 0.25) is 5.91 Å². The van der Waals surface area contributed by atoms with Crippen LogP contribution in [0.5, 0.6) is 5.75 Å². The van der Waals surface area contributed by atoms with Crippen molar-refractivity contribution in [3.63, 3.8) is 0 Å². The molecule has 0 radical (unpaired) electrons. The molecule has 1 aliphatic heterocycles. The summed E-state index contributed by atoms with van der Waals surface area (Å²) in [5.41, 5.74) is 2.37. The zero-order valence-corrected chi connectivity index (χ0v) is 15.2. The van der Waals surface area contributed by atoms with E-state index in [-0.39, 0.29) is 11.8 Å². The maximum atomic E-state index is 12.9. The van der Waals surface area contributed by atoms with Gasteiger partial charge in [0.1, 0.15) is 11.8 Å². The molecule has 0 aromatic heterocycles. The van der Waals surface area contributed by atoms with Crippen molar-refractivity contribution in [2.75, 3.05) is 11.9 Å². The Balaban J connectivity index is 1.73. The minimum absolute atomic E-state index is 0.0686. The number of hydrogen-bond donors (Lipinski definition) is 1. The second kappa shape index (κ2) is 8.04. The Hall–Kier alpha value is -2.82. The zero-order valence-electron chi connectivity index (χ0n) is 15.2. The number of ether oxygens (including phenoxy) is 1. The summed E-state index contributed by atoms with van der Waals surface area (Å²) in [7, 11) is 0. The fraction of sp³-hybridized carbons (Fsp3) is 0.333. The van der Waals surface area contributed by atoms with Crippen molar-refractivity contribution in [1.82, 2.24) is 4.90 Å². The summed E-state index contributed by atoms with van der Waals surface area (Å²) in [6, 6.07) is 14.3. The van der Waals surface area contributed by atoms with E-state index in [2.05, 4.69) is 5.32 Å². The summed E-state index contributed by atoms with van der Waals surface area (Å²) in [5, 5.41) is 2.93. The van der Waals surface area contributed by atoms with Gasteiger partial charge >= 0.3 is 0 Å². The van der Waals surface area contributed by atoms with E-state index in [0.29, 0.717) is 30.8 Å². The Kier molecular flexibility index (Phi) is 5.56. The fourth-order valence-electron chi connectivity index (χ4n) is 3.26. The molecule has 0 spiro atoms. The first-order valence-electron chi connectivity index (χ1n) is 9.06. The maximum absolute atomic E-state index is 12.9. The second-order valence-corrected chi connectivity index (χ2v) is 6.34. The maximum Gasteiger partial charge on any atom is 0.255 e. The van der Waals surface area contributed by atoms with E-state index in [1.165, 1.54) is 0 Å². The van der Waals surface area contributed by atoms with Gasteiger partial charge in [-0.3, -0.25) is 9.59 Å². The predicted octanol–water partition coefficient (Wildman–Crippen LogP) is 3.85. The minimum Gasteiger partial charge on any atom is -0.494 e. The van der Waals surface area contributed by atoms with E-state index < -0.39 is 6.04 Å². The van der Waals surface area contributed by atoms with Gasteiger partial charge in [-0.2, -0.15) is 0 Å². The van der Waals surface area contributed by atoms with Gasteiger partial charge in [-0.1, -0.05) is 31.5 Å². The second-order valence-electron chi connectivity index (χ2n) is 6.34. The number of nitrogens with zero attached hydrogens (tertiary/aromatic N) is 1. The Labute approximate surface area is 154 Å². The highest BCUT2D eigenvalue weighted by Gasteiger charge is 2.35. The third-order valence-electron chi connectivity index (χ3n) is 4.52. The summed E-state index contributed by atoms with van der Waals surface area (Å²) >= 11 is 0. The van der Waals surface area contributed by atoms with E-state index in [1.807, 2.05) is 62.4 Å². The van der Waals surface area contributed by atoms with Crippen LogP contribution in [-0.4, -0.2) is 29.4 Å². The molecule has 0 saturated carbocycles. The highest BCUT2D eigenvalue weighted by atomic mass is 16.5. The molecule has 5 heteroatoms. The molecule has 0 unspecified atom stereocenters. The van der Waals surface area contributed by atoms with Gasteiger partial charge < -0.3 is 15.0 Å². The number of fused-ring (bicyclic) bond motifs is 1. The van der Waals surface area contributed by atoms with Crippen molar-refractivity contribution in [3.05, 3.63) is 59.7 Å². The van der Waals surface area contributed by atoms with E-state index in [0.717, 1.165) is 17.7 Å². The molecule has 2 aromatic rings. The predicted molar refractivity (Wildman–Crippen MR) is 101 cm³/mol. The Morgan fingerprint density at radius 2 is 1.88 bits per heavy atom. The molecule has 136 valence electrons. The molecular formula is C21H24N2O3. The lowest BCUT2D eigenvalue weighted by Crippen LogP contribution is -2.44. The van der Waals surface area contributed by atoms with Crippen molar-refractivity contribution >= 4 is 17.5 Å². The Morgan fingerprint density at radius 1 is 1.15 bits per heavy atom. The van der Waals surface area contributed by atoms with Crippen LogP contribution in [-0.2, 0) is 11.3 Å². The first kappa shape index (κ1) is 18.0. The zero-order chi connectivity index (χ0) is 18.5. The minimum atomic E-state index is -0.480. The molecule has 0 saturated heterocycles. The quantitative estimate of drug-likeness (QED) is 0.823. The van der Waals surface area contributed by atoms with E-state index in [9.17, 15) is 9.59 Å². The van der Waals surface area contributed by atoms with Crippen molar-refractivity contribution in [3.8, 4) is 5.75 Å². The van der Waals surface area contributed by atoms with Crippen LogP contribution >= 0.6 is 0 Å². The molecule has 1 aliphatic rings. The lowest BCUT2D eigenvalue weighted by molar-refractivity contribution is -0.120. The molecule has 1 atom stereocenters. The smallest absolute Gasteiger partial charge is 0.255 e. The molecule has 2 amide bonds. The molecular weight excluding hydrogens is 328 g/mol.